The van der Waals surface area contributed by atoms with Crippen LogP contribution in [0.5, 0.6) is 5.75 Å². The average molecular weight is 344 g/mol. The molecule has 2 aliphatic rings. The summed E-state index contributed by atoms with van der Waals surface area (Å²) in [5, 5.41) is 9.95. The fourth-order valence-corrected chi connectivity index (χ4v) is 5.25. The number of fused-ring (bicyclic) bond motifs is 4. The van der Waals surface area contributed by atoms with Crippen molar-refractivity contribution in [1.29, 1.82) is 0 Å². The maximum Gasteiger partial charge on any atom is 0.115 e. The van der Waals surface area contributed by atoms with E-state index in [0.29, 0.717) is 17.7 Å². The lowest BCUT2D eigenvalue weighted by atomic mass is 9.59. The Labute approximate surface area is 154 Å². The van der Waals surface area contributed by atoms with Crippen LogP contribution in [0.2, 0.25) is 0 Å². The van der Waals surface area contributed by atoms with Gasteiger partial charge in [-0.15, -0.1) is 0 Å². The van der Waals surface area contributed by atoms with E-state index in [-0.39, 0.29) is 5.41 Å². The molecule has 1 N–H and O–H groups in total. The monoisotopic (exact) mass is 343 g/mol. The lowest BCUT2D eigenvalue weighted by Gasteiger charge is -2.54. The number of piperidine rings is 1. The van der Waals surface area contributed by atoms with Gasteiger partial charge in [-0.2, -0.15) is 0 Å². The minimum absolute atomic E-state index is 0.230. The zero-order chi connectivity index (χ0) is 17.9. The molecule has 1 aliphatic carbocycles. The first-order valence-electron chi connectivity index (χ1n) is 10.6. The van der Waals surface area contributed by atoms with Gasteiger partial charge in [-0.25, -0.2) is 0 Å². The quantitative estimate of drug-likeness (QED) is 0.615. The predicted molar refractivity (Wildman–Crippen MR) is 106 cm³/mol. The van der Waals surface area contributed by atoms with Crippen molar-refractivity contribution in [3.8, 4) is 5.75 Å². The molecule has 0 saturated carbocycles. The maximum atomic E-state index is 9.95. The lowest BCUT2D eigenvalue weighted by Crippen LogP contribution is -2.58. The van der Waals surface area contributed by atoms with Crippen LogP contribution in [0.1, 0.15) is 83.3 Å². The van der Waals surface area contributed by atoms with Crippen molar-refractivity contribution in [3.05, 3.63) is 29.3 Å². The zero-order valence-electron chi connectivity index (χ0n) is 16.6. The Balaban J connectivity index is 1.57. The van der Waals surface area contributed by atoms with E-state index in [1.165, 1.54) is 75.6 Å². The second-order valence-corrected chi connectivity index (χ2v) is 8.73. The second-order valence-electron chi connectivity index (χ2n) is 8.73. The minimum atomic E-state index is 0.230. The van der Waals surface area contributed by atoms with E-state index in [4.69, 9.17) is 0 Å². The molecule has 1 saturated heterocycles. The summed E-state index contributed by atoms with van der Waals surface area (Å²) in [6.45, 7) is 9.64. The van der Waals surface area contributed by atoms with Crippen molar-refractivity contribution < 1.29 is 5.11 Å². The third kappa shape index (κ3) is 3.89. The number of hydrogen-bond acceptors (Lipinski definition) is 2. The summed E-state index contributed by atoms with van der Waals surface area (Å²) in [5.74, 6) is 1.09. The van der Waals surface area contributed by atoms with E-state index < -0.39 is 0 Å². The van der Waals surface area contributed by atoms with Gasteiger partial charge < -0.3 is 5.11 Å². The number of benzene rings is 1. The molecule has 1 fully saturated rings. The van der Waals surface area contributed by atoms with Gasteiger partial charge in [0.2, 0.25) is 0 Å². The average Bonchev–Trinajstić information content (AvgIpc) is 2.60. The van der Waals surface area contributed by atoms with Gasteiger partial charge in [0.15, 0.2) is 0 Å². The topological polar surface area (TPSA) is 23.5 Å². The molecule has 1 aromatic rings. The van der Waals surface area contributed by atoms with Crippen LogP contribution >= 0.6 is 0 Å². The summed E-state index contributed by atoms with van der Waals surface area (Å²) >= 11 is 0. The third-order valence-corrected chi connectivity index (χ3v) is 7.16. The number of unbranched alkanes of at least 4 members (excludes halogenated alkanes) is 6. The summed E-state index contributed by atoms with van der Waals surface area (Å²) < 4.78 is 0. The molecule has 0 radical (unpaired) electrons. The summed E-state index contributed by atoms with van der Waals surface area (Å²) in [6.07, 6.45) is 12.1. The molecular weight excluding hydrogens is 306 g/mol. The molecule has 0 unspecified atom stereocenters. The molecule has 0 amide bonds. The summed E-state index contributed by atoms with van der Waals surface area (Å²) in [6, 6.07) is 6.75. The Kier molecular flexibility index (Phi) is 6.09. The second kappa shape index (κ2) is 8.12. The third-order valence-electron chi connectivity index (χ3n) is 7.16. The van der Waals surface area contributed by atoms with Crippen LogP contribution in [-0.2, 0) is 11.8 Å². The molecule has 0 aromatic heterocycles. The highest BCUT2D eigenvalue weighted by Gasteiger charge is 2.48. The first-order chi connectivity index (χ1) is 12.1. The highest BCUT2D eigenvalue weighted by molar-refractivity contribution is 5.44. The van der Waals surface area contributed by atoms with Crippen molar-refractivity contribution in [1.82, 2.24) is 4.90 Å². The van der Waals surface area contributed by atoms with Crippen LogP contribution in [0.25, 0.3) is 0 Å². The lowest BCUT2D eigenvalue weighted by molar-refractivity contribution is 0.0302. The number of rotatable bonds is 8. The number of phenolic OH excluding ortho intramolecular Hbond substituents is 1. The number of nitrogens with zero attached hydrogens (tertiary/aromatic N) is 1. The van der Waals surface area contributed by atoms with Crippen molar-refractivity contribution in [3.63, 3.8) is 0 Å². The molecule has 140 valence electrons. The largest absolute Gasteiger partial charge is 0.508 e. The first-order valence-corrected chi connectivity index (χ1v) is 10.6. The standard InChI is InChI=1S/C23H37NO/c1-4-5-6-7-8-9-10-14-24-15-13-23(3)18(2)22(24)16-19-11-12-20(25)17-21(19)23/h11-12,17-18,22,25H,4-10,13-16H2,1-3H3/t18-,22+,23-/m0/s1. The predicted octanol–water partition coefficient (Wildman–Crippen LogP) is 5.67. The molecule has 25 heavy (non-hydrogen) atoms. The van der Waals surface area contributed by atoms with Crippen molar-refractivity contribution in [2.24, 2.45) is 5.92 Å². The van der Waals surface area contributed by atoms with Gasteiger partial charge in [-0.1, -0.05) is 65.4 Å². The van der Waals surface area contributed by atoms with Crippen LogP contribution in [-0.4, -0.2) is 29.1 Å². The van der Waals surface area contributed by atoms with Crippen molar-refractivity contribution >= 4 is 0 Å². The number of phenols is 1. The Morgan fingerprint density at radius 1 is 1.12 bits per heavy atom. The molecule has 3 atom stereocenters. The molecule has 0 spiro atoms. The van der Waals surface area contributed by atoms with E-state index in [1.807, 2.05) is 12.1 Å². The normalized spacial score (nSPS) is 28.8. The Morgan fingerprint density at radius 3 is 2.60 bits per heavy atom. The van der Waals surface area contributed by atoms with Gasteiger partial charge >= 0.3 is 0 Å². The van der Waals surface area contributed by atoms with Gasteiger partial charge in [-0.3, -0.25) is 4.90 Å². The molecular formula is C23H37NO. The molecule has 1 aliphatic heterocycles. The van der Waals surface area contributed by atoms with Crippen LogP contribution in [0.3, 0.4) is 0 Å². The minimum Gasteiger partial charge on any atom is -0.508 e. The zero-order valence-corrected chi connectivity index (χ0v) is 16.6. The highest BCUT2D eigenvalue weighted by Crippen LogP contribution is 2.49. The smallest absolute Gasteiger partial charge is 0.115 e. The van der Waals surface area contributed by atoms with E-state index in [9.17, 15) is 5.11 Å². The van der Waals surface area contributed by atoms with Gasteiger partial charge in [0.05, 0.1) is 0 Å². The molecule has 3 rings (SSSR count). The van der Waals surface area contributed by atoms with Gasteiger partial charge in [0, 0.05) is 6.04 Å². The molecule has 2 nitrogen and oxygen atoms in total. The van der Waals surface area contributed by atoms with Crippen molar-refractivity contribution in [2.75, 3.05) is 13.1 Å². The van der Waals surface area contributed by atoms with Crippen LogP contribution < -0.4 is 0 Å². The molecule has 2 heteroatoms. The van der Waals surface area contributed by atoms with Crippen LogP contribution in [0.15, 0.2) is 18.2 Å². The molecule has 1 aromatic carbocycles. The fraction of sp³-hybridized carbons (Fsp3) is 0.739. The van der Waals surface area contributed by atoms with Crippen molar-refractivity contribution in [2.45, 2.75) is 90.0 Å². The SMILES string of the molecule is CCCCCCCCCN1CC[C@]2(C)c3cc(O)ccc3C[C@@H]1[C@@H]2C. The fourth-order valence-electron chi connectivity index (χ4n) is 5.25. The van der Waals surface area contributed by atoms with E-state index in [0.717, 1.165) is 6.42 Å². The molecule has 1 heterocycles. The van der Waals surface area contributed by atoms with Gasteiger partial charge in [-0.05, 0) is 66.9 Å². The van der Waals surface area contributed by atoms with Crippen LogP contribution in [0.4, 0.5) is 0 Å². The Bertz CT molecular complexity index is 569. The Hall–Kier alpha value is -1.02. The van der Waals surface area contributed by atoms with E-state index in [1.54, 1.807) is 0 Å². The number of likely N-dealkylation sites (tertiary alicyclic amines) is 1. The maximum absolute atomic E-state index is 9.95. The summed E-state index contributed by atoms with van der Waals surface area (Å²) in [7, 11) is 0. The molecule has 2 bridgehead atoms. The highest BCUT2D eigenvalue weighted by atomic mass is 16.3. The number of hydrogen-bond donors (Lipinski definition) is 1. The Morgan fingerprint density at radius 2 is 1.84 bits per heavy atom. The van der Waals surface area contributed by atoms with E-state index >= 15 is 0 Å². The van der Waals surface area contributed by atoms with Crippen LogP contribution in [0, 0.1) is 5.92 Å². The first kappa shape index (κ1) is 18.8. The summed E-state index contributed by atoms with van der Waals surface area (Å²) in [4.78, 5) is 2.77. The summed E-state index contributed by atoms with van der Waals surface area (Å²) in [5.41, 5.74) is 3.10. The van der Waals surface area contributed by atoms with Gasteiger partial charge in [0.1, 0.15) is 5.75 Å². The number of aromatic hydroxyl groups is 1. The van der Waals surface area contributed by atoms with E-state index in [2.05, 4.69) is 31.7 Å². The van der Waals surface area contributed by atoms with Gasteiger partial charge in [0.25, 0.3) is 0 Å².